The maximum absolute atomic E-state index is 10.4. The van der Waals surface area contributed by atoms with Crippen LogP contribution in [0.2, 0.25) is 0 Å². The van der Waals surface area contributed by atoms with Crippen LogP contribution in [-0.4, -0.2) is 65.6 Å². The Morgan fingerprint density at radius 2 is 2.11 bits per heavy atom. The SMILES string of the molecule is CCc1cccc(O)c1-c1cc(C)c(N2CCO[C@@H]3CCN(C)C[C@@H]32)nn1. The van der Waals surface area contributed by atoms with Crippen molar-refractivity contribution < 1.29 is 9.84 Å². The van der Waals surface area contributed by atoms with E-state index in [0.29, 0.717) is 6.04 Å². The lowest BCUT2D eigenvalue weighted by Crippen LogP contribution is -2.59. The van der Waals surface area contributed by atoms with E-state index < -0.39 is 0 Å². The van der Waals surface area contributed by atoms with Crippen LogP contribution in [0.4, 0.5) is 5.82 Å². The number of benzene rings is 1. The number of piperidine rings is 1. The fourth-order valence-electron chi connectivity index (χ4n) is 4.35. The summed E-state index contributed by atoms with van der Waals surface area (Å²) in [6.45, 7) is 7.78. The van der Waals surface area contributed by atoms with E-state index in [1.54, 1.807) is 6.07 Å². The summed E-state index contributed by atoms with van der Waals surface area (Å²) in [5, 5.41) is 19.5. The summed E-state index contributed by atoms with van der Waals surface area (Å²) in [5.74, 6) is 1.19. The molecule has 6 heteroatoms. The Hall–Kier alpha value is -2.18. The summed E-state index contributed by atoms with van der Waals surface area (Å²) in [4.78, 5) is 4.72. The van der Waals surface area contributed by atoms with Crippen LogP contribution in [0.3, 0.4) is 0 Å². The third-order valence-electron chi connectivity index (χ3n) is 5.78. The van der Waals surface area contributed by atoms with Crippen LogP contribution in [0.25, 0.3) is 11.3 Å². The van der Waals surface area contributed by atoms with Gasteiger partial charge < -0.3 is 19.6 Å². The molecule has 0 spiro atoms. The van der Waals surface area contributed by atoms with Gasteiger partial charge in [-0.2, -0.15) is 0 Å². The number of nitrogens with zero attached hydrogens (tertiary/aromatic N) is 4. The third-order valence-corrected chi connectivity index (χ3v) is 5.78. The van der Waals surface area contributed by atoms with Gasteiger partial charge in [0.15, 0.2) is 5.82 Å². The van der Waals surface area contributed by atoms with E-state index in [1.807, 2.05) is 18.2 Å². The summed E-state index contributed by atoms with van der Waals surface area (Å²) in [7, 11) is 2.16. The van der Waals surface area contributed by atoms with Crippen molar-refractivity contribution in [1.29, 1.82) is 0 Å². The quantitative estimate of drug-likeness (QED) is 0.899. The van der Waals surface area contributed by atoms with E-state index in [4.69, 9.17) is 4.74 Å². The first-order chi connectivity index (χ1) is 13.1. The second-order valence-corrected chi connectivity index (χ2v) is 7.62. The molecule has 2 fully saturated rings. The molecule has 27 heavy (non-hydrogen) atoms. The normalized spacial score (nSPS) is 23.3. The van der Waals surface area contributed by atoms with Crippen molar-refractivity contribution in [2.24, 2.45) is 0 Å². The van der Waals surface area contributed by atoms with Crippen molar-refractivity contribution >= 4 is 5.82 Å². The molecule has 2 aliphatic rings. The average molecular weight is 368 g/mol. The summed E-state index contributed by atoms with van der Waals surface area (Å²) in [5.41, 5.74) is 3.69. The highest BCUT2D eigenvalue weighted by Crippen LogP contribution is 2.34. The smallest absolute Gasteiger partial charge is 0.154 e. The fraction of sp³-hybridized carbons (Fsp3) is 0.524. The number of aromatic nitrogens is 2. The Kier molecular flexibility index (Phi) is 5.02. The monoisotopic (exact) mass is 368 g/mol. The fourth-order valence-corrected chi connectivity index (χ4v) is 4.35. The van der Waals surface area contributed by atoms with E-state index in [0.717, 1.165) is 67.3 Å². The number of likely N-dealkylation sites (tertiary alicyclic amines) is 1. The Morgan fingerprint density at radius 3 is 2.89 bits per heavy atom. The van der Waals surface area contributed by atoms with Crippen LogP contribution >= 0.6 is 0 Å². The first-order valence-corrected chi connectivity index (χ1v) is 9.80. The van der Waals surface area contributed by atoms with Crippen molar-refractivity contribution in [2.75, 3.05) is 38.2 Å². The van der Waals surface area contributed by atoms with E-state index in [1.165, 1.54) is 0 Å². The lowest BCUT2D eigenvalue weighted by atomic mass is 9.98. The highest BCUT2D eigenvalue weighted by Gasteiger charge is 2.37. The zero-order chi connectivity index (χ0) is 19.0. The first-order valence-electron chi connectivity index (χ1n) is 9.80. The number of aryl methyl sites for hydroxylation is 2. The minimum Gasteiger partial charge on any atom is -0.507 e. The van der Waals surface area contributed by atoms with E-state index >= 15 is 0 Å². The number of phenols is 1. The van der Waals surface area contributed by atoms with Crippen molar-refractivity contribution in [3.63, 3.8) is 0 Å². The standard InChI is InChI=1S/C21H28N4O2/c1-4-15-6-5-7-18(26)20(15)16-12-14(2)21(23-22-16)25-10-11-27-19-8-9-24(3)13-17(19)25/h5-7,12,17,19,26H,4,8-11,13H2,1-3H3/t17-,19+/m0/s1. The number of rotatable bonds is 3. The molecule has 3 heterocycles. The van der Waals surface area contributed by atoms with E-state index in [2.05, 4.69) is 40.9 Å². The van der Waals surface area contributed by atoms with Gasteiger partial charge in [-0.25, -0.2) is 0 Å². The second kappa shape index (κ2) is 7.44. The van der Waals surface area contributed by atoms with Gasteiger partial charge in [-0.15, -0.1) is 10.2 Å². The number of phenolic OH excluding ortho intramolecular Hbond substituents is 1. The molecule has 0 bridgehead atoms. The summed E-state index contributed by atoms with van der Waals surface area (Å²) >= 11 is 0. The summed E-state index contributed by atoms with van der Waals surface area (Å²) < 4.78 is 6.01. The summed E-state index contributed by atoms with van der Waals surface area (Å²) in [6, 6.07) is 7.98. The highest BCUT2D eigenvalue weighted by atomic mass is 16.5. The molecule has 0 aliphatic carbocycles. The van der Waals surface area contributed by atoms with Crippen LogP contribution in [-0.2, 0) is 11.2 Å². The predicted octanol–water partition coefficient (Wildman–Crippen LogP) is 2.63. The largest absolute Gasteiger partial charge is 0.507 e. The maximum atomic E-state index is 10.4. The maximum Gasteiger partial charge on any atom is 0.154 e. The molecule has 4 rings (SSSR count). The van der Waals surface area contributed by atoms with Crippen LogP contribution in [0.15, 0.2) is 24.3 Å². The zero-order valence-corrected chi connectivity index (χ0v) is 16.4. The van der Waals surface area contributed by atoms with E-state index in [9.17, 15) is 5.11 Å². The highest BCUT2D eigenvalue weighted by molar-refractivity contribution is 5.72. The molecular weight excluding hydrogens is 340 g/mol. The number of aromatic hydroxyl groups is 1. The van der Waals surface area contributed by atoms with Gasteiger partial charge in [0.25, 0.3) is 0 Å². The molecule has 144 valence electrons. The van der Waals surface area contributed by atoms with Crippen molar-refractivity contribution in [1.82, 2.24) is 15.1 Å². The van der Waals surface area contributed by atoms with Gasteiger partial charge in [0.05, 0.1) is 24.4 Å². The molecule has 2 aliphatic heterocycles. The van der Waals surface area contributed by atoms with Gasteiger partial charge in [0, 0.05) is 25.2 Å². The number of morpholine rings is 1. The van der Waals surface area contributed by atoms with E-state index in [-0.39, 0.29) is 11.9 Å². The molecule has 1 N–H and O–H groups in total. The first kappa shape index (κ1) is 18.2. The van der Waals surface area contributed by atoms with Crippen LogP contribution in [0.1, 0.15) is 24.5 Å². The Bertz CT molecular complexity index is 826. The molecular formula is C21H28N4O2. The van der Waals surface area contributed by atoms with Gasteiger partial charge in [0.1, 0.15) is 5.75 Å². The van der Waals surface area contributed by atoms with Crippen molar-refractivity contribution in [3.05, 3.63) is 35.4 Å². The van der Waals surface area contributed by atoms with Crippen LogP contribution in [0, 0.1) is 6.92 Å². The molecule has 0 saturated carbocycles. The molecule has 2 atom stereocenters. The molecule has 0 radical (unpaired) electrons. The number of hydrogen-bond acceptors (Lipinski definition) is 6. The minimum absolute atomic E-state index is 0.260. The van der Waals surface area contributed by atoms with Crippen LogP contribution < -0.4 is 4.90 Å². The Labute approximate surface area is 160 Å². The Balaban J connectivity index is 1.68. The molecule has 6 nitrogen and oxygen atoms in total. The number of likely N-dealkylation sites (N-methyl/N-ethyl adjacent to an activating group) is 1. The van der Waals surface area contributed by atoms with Crippen molar-refractivity contribution in [3.8, 4) is 17.0 Å². The number of anilines is 1. The molecule has 0 amide bonds. The van der Waals surface area contributed by atoms with Crippen molar-refractivity contribution in [2.45, 2.75) is 38.8 Å². The zero-order valence-electron chi connectivity index (χ0n) is 16.4. The van der Waals surface area contributed by atoms with Gasteiger partial charge in [-0.05, 0) is 50.1 Å². The number of ether oxygens (including phenoxy) is 1. The summed E-state index contributed by atoms with van der Waals surface area (Å²) in [6.07, 6.45) is 2.16. The lowest BCUT2D eigenvalue weighted by molar-refractivity contribution is -0.0246. The van der Waals surface area contributed by atoms with Gasteiger partial charge in [-0.1, -0.05) is 19.1 Å². The van der Waals surface area contributed by atoms with Crippen LogP contribution in [0.5, 0.6) is 5.75 Å². The molecule has 1 aromatic carbocycles. The lowest BCUT2D eigenvalue weighted by Gasteiger charge is -2.47. The average Bonchev–Trinajstić information content (AvgIpc) is 2.67. The van der Waals surface area contributed by atoms with Gasteiger partial charge in [-0.3, -0.25) is 0 Å². The molecule has 0 unspecified atom stereocenters. The minimum atomic E-state index is 0.260. The number of fused-ring (bicyclic) bond motifs is 1. The molecule has 2 aromatic rings. The number of hydrogen-bond donors (Lipinski definition) is 1. The topological polar surface area (TPSA) is 61.7 Å². The van der Waals surface area contributed by atoms with Gasteiger partial charge >= 0.3 is 0 Å². The van der Waals surface area contributed by atoms with Gasteiger partial charge in [0.2, 0.25) is 0 Å². The second-order valence-electron chi connectivity index (χ2n) is 7.62. The third kappa shape index (κ3) is 3.39. The Morgan fingerprint density at radius 1 is 1.26 bits per heavy atom. The predicted molar refractivity (Wildman–Crippen MR) is 106 cm³/mol. The molecule has 2 saturated heterocycles. The molecule has 1 aromatic heterocycles.